The van der Waals surface area contributed by atoms with Crippen molar-refractivity contribution in [3.63, 3.8) is 0 Å². The van der Waals surface area contributed by atoms with Gasteiger partial charge in [0.2, 0.25) is 12.7 Å². The molecule has 4 amide bonds. The fourth-order valence-electron chi connectivity index (χ4n) is 3.09. The van der Waals surface area contributed by atoms with Crippen molar-refractivity contribution in [2.24, 2.45) is 5.92 Å². The highest BCUT2D eigenvalue weighted by Crippen LogP contribution is 2.32. The number of amides is 4. The van der Waals surface area contributed by atoms with Crippen LogP contribution in [0.25, 0.3) is 0 Å². The molecule has 1 atom stereocenters. The maximum Gasteiger partial charge on any atom is 0.335 e. The number of hydrogen-bond acceptors (Lipinski definition) is 6. The van der Waals surface area contributed by atoms with E-state index in [2.05, 4.69) is 17.2 Å². The minimum Gasteiger partial charge on any atom is -0.454 e. The first-order valence-electron chi connectivity index (χ1n) is 8.69. The molecule has 0 spiro atoms. The SMILES string of the molecule is C=C(NCc1ccc2c(c1)OCO2)[C@H]1C(=O)NC(=O)N(c2ccc(Cl)cc2)C1=O. The molecule has 2 aliphatic rings. The summed E-state index contributed by atoms with van der Waals surface area (Å²) in [7, 11) is 0. The summed E-state index contributed by atoms with van der Waals surface area (Å²) in [5, 5.41) is 5.64. The number of imide groups is 2. The summed E-state index contributed by atoms with van der Waals surface area (Å²) in [6.07, 6.45) is 0. The van der Waals surface area contributed by atoms with Crippen LogP contribution in [0.15, 0.2) is 54.7 Å². The number of nitrogens with one attached hydrogen (secondary N) is 2. The topological polar surface area (TPSA) is 97.0 Å². The number of benzene rings is 2. The molecule has 2 aromatic carbocycles. The second-order valence-electron chi connectivity index (χ2n) is 6.44. The molecule has 1 fully saturated rings. The molecular weight excluding hydrogens is 398 g/mol. The molecule has 0 radical (unpaired) electrons. The van der Waals surface area contributed by atoms with Crippen molar-refractivity contribution in [1.82, 2.24) is 10.6 Å². The van der Waals surface area contributed by atoms with Gasteiger partial charge in [-0.1, -0.05) is 24.2 Å². The molecule has 8 nitrogen and oxygen atoms in total. The predicted molar refractivity (Wildman–Crippen MR) is 105 cm³/mol. The molecule has 0 saturated carbocycles. The molecule has 148 valence electrons. The number of hydrogen-bond donors (Lipinski definition) is 2. The van der Waals surface area contributed by atoms with Gasteiger partial charge >= 0.3 is 6.03 Å². The molecule has 0 bridgehead atoms. The van der Waals surface area contributed by atoms with Crippen LogP contribution in [0.4, 0.5) is 10.5 Å². The number of ether oxygens (including phenoxy) is 2. The van der Waals surface area contributed by atoms with Gasteiger partial charge < -0.3 is 14.8 Å². The Hall–Kier alpha value is -3.52. The average Bonchev–Trinajstić information content (AvgIpc) is 3.15. The molecule has 0 aromatic heterocycles. The second kappa shape index (κ2) is 7.48. The molecule has 2 N–H and O–H groups in total. The van der Waals surface area contributed by atoms with Gasteiger partial charge in [0.1, 0.15) is 0 Å². The third-order valence-corrected chi connectivity index (χ3v) is 4.80. The summed E-state index contributed by atoms with van der Waals surface area (Å²) in [6, 6.07) is 10.7. The van der Waals surface area contributed by atoms with Crippen LogP contribution in [0, 0.1) is 5.92 Å². The zero-order valence-corrected chi connectivity index (χ0v) is 15.9. The number of fused-ring (bicyclic) bond motifs is 1. The van der Waals surface area contributed by atoms with E-state index in [1.165, 1.54) is 12.1 Å². The summed E-state index contributed by atoms with van der Waals surface area (Å²) in [5.41, 5.74) is 1.33. The molecule has 2 aromatic rings. The van der Waals surface area contributed by atoms with E-state index in [1.807, 2.05) is 6.07 Å². The Balaban J connectivity index is 1.49. The van der Waals surface area contributed by atoms with E-state index in [1.54, 1.807) is 24.3 Å². The van der Waals surface area contributed by atoms with Gasteiger partial charge in [0.15, 0.2) is 17.4 Å². The van der Waals surface area contributed by atoms with E-state index in [4.69, 9.17) is 21.1 Å². The molecule has 1 saturated heterocycles. The van der Waals surface area contributed by atoms with Crippen molar-refractivity contribution < 1.29 is 23.9 Å². The van der Waals surface area contributed by atoms with Gasteiger partial charge in [-0.05, 0) is 42.0 Å². The van der Waals surface area contributed by atoms with Gasteiger partial charge in [-0.25, -0.2) is 9.69 Å². The predicted octanol–water partition coefficient (Wildman–Crippen LogP) is 2.57. The minimum atomic E-state index is -1.25. The van der Waals surface area contributed by atoms with Gasteiger partial charge in [-0.2, -0.15) is 0 Å². The van der Waals surface area contributed by atoms with E-state index >= 15 is 0 Å². The van der Waals surface area contributed by atoms with Gasteiger partial charge in [-0.15, -0.1) is 0 Å². The molecule has 4 rings (SSSR count). The Kier molecular flexibility index (Phi) is 4.85. The lowest BCUT2D eigenvalue weighted by Crippen LogP contribution is -2.59. The highest BCUT2D eigenvalue weighted by atomic mass is 35.5. The number of halogens is 1. The van der Waals surface area contributed by atoms with E-state index in [0.717, 1.165) is 10.5 Å². The standard InChI is InChI=1S/C20H16ClN3O5/c1-11(22-9-12-2-7-15-16(8-12)29-10-28-15)17-18(25)23-20(27)24(19(17)26)14-5-3-13(21)4-6-14/h2-8,17,22H,1,9-10H2,(H,23,25,27)/t17-/m0/s1. The quantitative estimate of drug-likeness (QED) is 0.731. The lowest BCUT2D eigenvalue weighted by atomic mass is 10.0. The first-order chi connectivity index (χ1) is 13.9. The lowest BCUT2D eigenvalue weighted by molar-refractivity contribution is -0.132. The van der Waals surface area contributed by atoms with Crippen molar-refractivity contribution in [3.05, 3.63) is 65.3 Å². The first kappa shape index (κ1) is 18.8. The van der Waals surface area contributed by atoms with Crippen molar-refractivity contribution >= 4 is 35.1 Å². The molecule has 2 heterocycles. The Morgan fingerprint density at radius 3 is 2.62 bits per heavy atom. The van der Waals surface area contributed by atoms with E-state index < -0.39 is 23.8 Å². The molecule has 29 heavy (non-hydrogen) atoms. The number of urea groups is 1. The van der Waals surface area contributed by atoms with Crippen molar-refractivity contribution in [2.45, 2.75) is 6.54 Å². The Morgan fingerprint density at radius 2 is 1.86 bits per heavy atom. The van der Waals surface area contributed by atoms with Gasteiger partial charge in [0.05, 0.1) is 5.69 Å². The number of carbonyl (C=O) groups excluding carboxylic acids is 3. The van der Waals surface area contributed by atoms with Crippen molar-refractivity contribution in [2.75, 3.05) is 11.7 Å². The molecule has 0 unspecified atom stereocenters. The van der Waals surface area contributed by atoms with Crippen LogP contribution in [-0.4, -0.2) is 24.6 Å². The van der Waals surface area contributed by atoms with Crippen molar-refractivity contribution in [3.8, 4) is 11.5 Å². The third kappa shape index (κ3) is 3.62. The molecule has 9 heteroatoms. The van der Waals surface area contributed by atoms with Crippen LogP contribution in [0.5, 0.6) is 11.5 Å². The maximum absolute atomic E-state index is 12.9. The van der Waals surface area contributed by atoms with Crippen LogP contribution < -0.4 is 25.0 Å². The van der Waals surface area contributed by atoms with E-state index in [0.29, 0.717) is 28.8 Å². The highest BCUT2D eigenvalue weighted by molar-refractivity contribution is 6.31. The van der Waals surface area contributed by atoms with Crippen LogP contribution in [0.1, 0.15) is 5.56 Å². The number of nitrogens with zero attached hydrogens (tertiary/aromatic N) is 1. The molecule has 0 aliphatic carbocycles. The van der Waals surface area contributed by atoms with Crippen LogP contribution in [0.3, 0.4) is 0 Å². The monoisotopic (exact) mass is 413 g/mol. The van der Waals surface area contributed by atoms with Crippen LogP contribution in [0.2, 0.25) is 5.02 Å². The van der Waals surface area contributed by atoms with E-state index in [9.17, 15) is 14.4 Å². The number of rotatable bonds is 5. The summed E-state index contributed by atoms with van der Waals surface area (Å²) < 4.78 is 10.6. The van der Waals surface area contributed by atoms with Gasteiger partial charge in [0, 0.05) is 17.3 Å². The summed E-state index contributed by atoms with van der Waals surface area (Å²) in [4.78, 5) is 38.3. The number of barbiturate groups is 1. The largest absolute Gasteiger partial charge is 0.454 e. The first-order valence-corrected chi connectivity index (χ1v) is 9.07. The van der Waals surface area contributed by atoms with Crippen LogP contribution in [-0.2, 0) is 16.1 Å². The number of carbonyl (C=O) groups is 3. The fraction of sp³-hybridized carbons (Fsp3) is 0.150. The zero-order valence-electron chi connectivity index (χ0n) is 15.1. The average molecular weight is 414 g/mol. The lowest BCUT2D eigenvalue weighted by Gasteiger charge is -2.31. The van der Waals surface area contributed by atoms with Gasteiger partial charge in [-0.3, -0.25) is 14.9 Å². The molecule has 2 aliphatic heterocycles. The van der Waals surface area contributed by atoms with Crippen molar-refractivity contribution in [1.29, 1.82) is 0 Å². The maximum atomic E-state index is 12.9. The summed E-state index contributed by atoms with van der Waals surface area (Å²) >= 11 is 5.86. The Labute approximate surface area is 171 Å². The highest BCUT2D eigenvalue weighted by Gasteiger charge is 2.42. The number of anilines is 1. The minimum absolute atomic E-state index is 0.171. The summed E-state index contributed by atoms with van der Waals surface area (Å²) in [6.45, 7) is 4.30. The Morgan fingerprint density at radius 1 is 1.14 bits per heavy atom. The fourth-order valence-corrected chi connectivity index (χ4v) is 3.21. The Bertz CT molecular complexity index is 1020. The van der Waals surface area contributed by atoms with Crippen LogP contribution >= 0.6 is 11.6 Å². The normalized spacial score (nSPS) is 17.9. The second-order valence-corrected chi connectivity index (χ2v) is 6.88. The van der Waals surface area contributed by atoms with Gasteiger partial charge in [0.25, 0.3) is 5.91 Å². The van der Waals surface area contributed by atoms with E-state index in [-0.39, 0.29) is 12.5 Å². The molecular formula is C20H16ClN3O5. The zero-order chi connectivity index (χ0) is 20.5. The summed E-state index contributed by atoms with van der Waals surface area (Å²) in [5.74, 6) is -1.39. The third-order valence-electron chi connectivity index (χ3n) is 4.55. The smallest absolute Gasteiger partial charge is 0.335 e.